The monoisotopic (exact) mass is 400 g/mol. The van der Waals surface area contributed by atoms with Crippen LogP contribution in [-0.4, -0.2) is 30.1 Å². The summed E-state index contributed by atoms with van der Waals surface area (Å²) in [4.78, 5) is 19.9. The fourth-order valence-electron chi connectivity index (χ4n) is 3.38. The van der Waals surface area contributed by atoms with E-state index in [-0.39, 0.29) is 12.0 Å². The van der Waals surface area contributed by atoms with Crippen molar-refractivity contribution < 1.29 is 9.53 Å². The summed E-state index contributed by atoms with van der Waals surface area (Å²) in [7, 11) is 0. The SMILES string of the molecule is Cc1ccc(C)c2sc(N(CC3CCCO3)C(=O)c3ccccc3Cl)nc12. The molecule has 0 radical (unpaired) electrons. The maximum absolute atomic E-state index is 13.4. The van der Waals surface area contributed by atoms with Crippen LogP contribution in [0.25, 0.3) is 10.2 Å². The number of amides is 1. The van der Waals surface area contributed by atoms with Gasteiger partial charge in [0.1, 0.15) is 0 Å². The van der Waals surface area contributed by atoms with Crippen molar-refractivity contribution in [2.45, 2.75) is 32.8 Å². The molecule has 3 aromatic rings. The molecule has 2 aromatic carbocycles. The summed E-state index contributed by atoms with van der Waals surface area (Å²) in [5, 5.41) is 1.15. The van der Waals surface area contributed by atoms with E-state index in [9.17, 15) is 4.79 Å². The second-order valence-electron chi connectivity index (χ2n) is 6.90. The van der Waals surface area contributed by atoms with Gasteiger partial charge in [0, 0.05) is 6.61 Å². The van der Waals surface area contributed by atoms with Gasteiger partial charge in [-0.25, -0.2) is 4.98 Å². The Morgan fingerprint density at radius 2 is 2.04 bits per heavy atom. The van der Waals surface area contributed by atoms with Crippen LogP contribution in [0.4, 0.5) is 5.13 Å². The number of anilines is 1. The lowest BCUT2D eigenvalue weighted by atomic mass is 10.1. The van der Waals surface area contributed by atoms with Gasteiger partial charge in [-0.05, 0) is 49.9 Å². The summed E-state index contributed by atoms with van der Waals surface area (Å²) < 4.78 is 6.91. The average molecular weight is 401 g/mol. The normalized spacial score (nSPS) is 16.8. The molecule has 1 fully saturated rings. The lowest BCUT2D eigenvalue weighted by Gasteiger charge is -2.23. The van der Waals surface area contributed by atoms with Crippen LogP contribution >= 0.6 is 22.9 Å². The maximum atomic E-state index is 13.4. The minimum atomic E-state index is -0.134. The maximum Gasteiger partial charge on any atom is 0.261 e. The van der Waals surface area contributed by atoms with Crippen LogP contribution in [0.15, 0.2) is 36.4 Å². The highest BCUT2D eigenvalue weighted by molar-refractivity contribution is 7.22. The van der Waals surface area contributed by atoms with Crippen molar-refractivity contribution in [3.05, 3.63) is 58.1 Å². The molecule has 27 heavy (non-hydrogen) atoms. The summed E-state index contributed by atoms with van der Waals surface area (Å²) in [6.45, 7) is 5.36. The van der Waals surface area contributed by atoms with E-state index < -0.39 is 0 Å². The largest absolute Gasteiger partial charge is 0.376 e. The number of fused-ring (bicyclic) bond motifs is 1. The molecule has 1 aromatic heterocycles. The molecule has 1 atom stereocenters. The summed E-state index contributed by atoms with van der Waals surface area (Å²) >= 11 is 7.85. The molecule has 6 heteroatoms. The Hall–Kier alpha value is -1.95. The Kier molecular flexibility index (Phi) is 5.17. The highest BCUT2D eigenvalue weighted by Crippen LogP contribution is 2.35. The molecule has 2 heterocycles. The number of carbonyl (C=O) groups excluding carboxylic acids is 1. The highest BCUT2D eigenvalue weighted by Gasteiger charge is 2.28. The summed E-state index contributed by atoms with van der Waals surface area (Å²) in [5.41, 5.74) is 3.73. The quantitative estimate of drug-likeness (QED) is 0.589. The topological polar surface area (TPSA) is 42.4 Å². The average Bonchev–Trinajstić information content (AvgIpc) is 3.33. The molecule has 1 unspecified atom stereocenters. The molecule has 0 spiro atoms. The Morgan fingerprint density at radius 3 is 2.74 bits per heavy atom. The second kappa shape index (κ2) is 7.58. The molecule has 0 bridgehead atoms. The number of aryl methyl sites for hydroxylation is 2. The van der Waals surface area contributed by atoms with E-state index in [2.05, 4.69) is 19.1 Å². The van der Waals surface area contributed by atoms with Gasteiger partial charge >= 0.3 is 0 Å². The molecule has 1 aliphatic rings. The lowest BCUT2D eigenvalue weighted by Crippen LogP contribution is -2.37. The van der Waals surface area contributed by atoms with Crippen LogP contribution in [0.2, 0.25) is 5.02 Å². The molecule has 4 nitrogen and oxygen atoms in total. The molecule has 140 valence electrons. The van der Waals surface area contributed by atoms with E-state index in [0.29, 0.717) is 22.3 Å². The number of nitrogens with zero attached hydrogens (tertiary/aromatic N) is 2. The Morgan fingerprint density at radius 1 is 1.26 bits per heavy atom. The zero-order valence-electron chi connectivity index (χ0n) is 15.4. The lowest BCUT2D eigenvalue weighted by molar-refractivity contribution is 0.0917. The standard InChI is InChI=1S/C21H21ClN2O2S/c1-13-9-10-14(2)19-18(13)23-21(27-19)24(12-15-6-5-11-26-15)20(25)16-7-3-4-8-17(16)22/h3-4,7-10,15H,5-6,11-12H2,1-2H3. The summed E-state index contributed by atoms with van der Waals surface area (Å²) in [6, 6.07) is 11.3. The molecular formula is C21H21ClN2O2S. The Bertz CT molecular complexity index is 956. The van der Waals surface area contributed by atoms with E-state index in [0.717, 1.165) is 35.2 Å². The van der Waals surface area contributed by atoms with Crippen molar-refractivity contribution in [2.24, 2.45) is 0 Å². The first kappa shape index (κ1) is 18.4. The van der Waals surface area contributed by atoms with Crippen molar-refractivity contribution in [3.8, 4) is 0 Å². The molecule has 1 aliphatic heterocycles. The van der Waals surface area contributed by atoms with Crippen LogP contribution in [-0.2, 0) is 4.74 Å². The van der Waals surface area contributed by atoms with Crippen molar-refractivity contribution >= 4 is 44.2 Å². The molecule has 0 saturated carbocycles. The van der Waals surface area contributed by atoms with Crippen LogP contribution in [0.1, 0.15) is 34.3 Å². The summed E-state index contributed by atoms with van der Waals surface area (Å²) in [5.74, 6) is -0.134. The van der Waals surface area contributed by atoms with Gasteiger partial charge < -0.3 is 4.74 Å². The fraction of sp³-hybridized carbons (Fsp3) is 0.333. The number of thiazole rings is 1. The number of benzene rings is 2. The summed E-state index contributed by atoms with van der Waals surface area (Å²) in [6.07, 6.45) is 2.01. The first-order valence-electron chi connectivity index (χ1n) is 9.09. The predicted octanol–water partition coefficient (Wildman–Crippen LogP) is 5.39. The van der Waals surface area contributed by atoms with E-state index >= 15 is 0 Å². The molecule has 0 aliphatic carbocycles. The van der Waals surface area contributed by atoms with Gasteiger partial charge in [-0.2, -0.15) is 0 Å². The van der Waals surface area contributed by atoms with Crippen LogP contribution < -0.4 is 4.90 Å². The first-order chi connectivity index (χ1) is 13.0. The Balaban J connectivity index is 1.78. The molecule has 0 N–H and O–H groups in total. The third-order valence-corrected chi connectivity index (χ3v) is 6.46. The van der Waals surface area contributed by atoms with Crippen LogP contribution in [0.5, 0.6) is 0 Å². The second-order valence-corrected chi connectivity index (χ2v) is 8.29. The minimum absolute atomic E-state index is 0.0330. The number of hydrogen-bond acceptors (Lipinski definition) is 4. The third-order valence-electron chi connectivity index (χ3n) is 4.92. The molecule has 4 rings (SSSR count). The van der Waals surface area contributed by atoms with Crippen molar-refractivity contribution in [3.63, 3.8) is 0 Å². The van der Waals surface area contributed by atoms with Crippen molar-refractivity contribution in [1.82, 2.24) is 4.98 Å². The van der Waals surface area contributed by atoms with Gasteiger partial charge in [0.25, 0.3) is 5.91 Å². The molecule has 1 saturated heterocycles. The van der Waals surface area contributed by atoms with Gasteiger partial charge in [0.2, 0.25) is 0 Å². The fourth-order valence-corrected chi connectivity index (χ4v) is 4.72. The third kappa shape index (κ3) is 3.59. The predicted molar refractivity (Wildman–Crippen MR) is 111 cm³/mol. The highest BCUT2D eigenvalue weighted by atomic mass is 35.5. The van der Waals surface area contributed by atoms with Gasteiger partial charge in [-0.1, -0.05) is 47.2 Å². The number of ether oxygens (including phenoxy) is 1. The first-order valence-corrected chi connectivity index (χ1v) is 10.3. The van der Waals surface area contributed by atoms with Gasteiger partial charge in [0.05, 0.1) is 33.5 Å². The van der Waals surface area contributed by atoms with E-state index in [1.807, 2.05) is 19.1 Å². The molecule has 1 amide bonds. The minimum Gasteiger partial charge on any atom is -0.376 e. The van der Waals surface area contributed by atoms with Crippen molar-refractivity contribution in [2.75, 3.05) is 18.1 Å². The van der Waals surface area contributed by atoms with Gasteiger partial charge in [-0.15, -0.1) is 0 Å². The number of hydrogen-bond donors (Lipinski definition) is 0. The van der Waals surface area contributed by atoms with E-state index in [1.165, 1.54) is 5.56 Å². The number of halogens is 1. The smallest absolute Gasteiger partial charge is 0.261 e. The van der Waals surface area contributed by atoms with E-state index in [4.69, 9.17) is 21.3 Å². The molecular weight excluding hydrogens is 380 g/mol. The van der Waals surface area contributed by atoms with Crippen molar-refractivity contribution in [1.29, 1.82) is 0 Å². The Labute approximate surface area is 167 Å². The van der Waals surface area contributed by atoms with Crippen LogP contribution in [0, 0.1) is 13.8 Å². The number of carbonyl (C=O) groups is 1. The number of rotatable bonds is 4. The zero-order valence-corrected chi connectivity index (χ0v) is 16.9. The van der Waals surface area contributed by atoms with Crippen LogP contribution in [0.3, 0.4) is 0 Å². The van der Waals surface area contributed by atoms with Gasteiger partial charge in [-0.3, -0.25) is 9.69 Å². The van der Waals surface area contributed by atoms with E-state index in [1.54, 1.807) is 28.4 Å². The zero-order chi connectivity index (χ0) is 19.0. The van der Waals surface area contributed by atoms with Gasteiger partial charge in [0.15, 0.2) is 5.13 Å². The number of aromatic nitrogens is 1.